The number of rotatable bonds is 6. The number of fused-ring (bicyclic) bond motifs is 1. The van der Waals surface area contributed by atoms with E-state index in [9.17, 15) is 4.79 Å². The first kappa shape index (κ1) is 20.3. The van der Waals surface area contributed by atoms with Gasteiger partial charge in [0.25, 0.3) is 0 Å². The van der Waals surface area contributed by atoms with Crippen molar-refractivity contribution >= 4 is 22.8 Å². The van der Waals surface area contributed by atoms with Gasteiger partial charge in [0.1, 0.15) is 17.2 Å². The number of aliphatic hydroxyl groups excluding tert-OH is 1. The summed E-state index contributed by atoms with van der Waals surface area (Å²) in [5.41, 5.74) is 4.52. The van der Waals surface area contributed by atoms with Gasteiger partial charge in [-0.2, -0.15) is 0 Å². The van der Waals surface area contributed by atoms with Crippen LogP contribution in [0.5, 0.6) is 17.2 Å². The molecule has 0 aliphatic rings. The second kappa shape index (κ2) is 8.40. The number of aromatic nitrogens is 1. The van der Waals surface area contributed by atoms with Crippen LogP contribution in [0.25, 0.3) is 17.0 Å². The molecule has 0 saturated carbocycles. The van der Waals surface area contributed by atoms with E-state index < -0.39 is 0 Å². The molecule has 0 atom stereocenters. The van der Waals surface area contributed by atoms with Gasteiger partial charge in [-0.15, -0.1) is 0 Å². The molecule has 0 saturated heterocycles. The molecule has 31 heavy (non-hydrogen) atoms. The number of aryl methyl sites for hydroxylation is 2. The fourth-order valence-electron chi connectivity index (χ4n) is 3.51. The molecule has 0 unspecified atom stereocenters. The number of carbonyl (C=O) groups excluding carboxylic acids is 1. The van der Waals surface area contributed by atoms with E-state index >= 15 is 0 Å². The number of benzene rings is 3. The van der Waals surface area contributed by atoms with Gasteiger partial charge < -0.3 is 19.6 Å². The molecule has 4 rings (SSSR count). The number of aliphatic hydroxyl groups is 1. The highest BCUT2D eigenvalue weighted by molar-refractivity contribution is 6.14. The third-order valence-corrected chi connectivity index (χ3v) is 5.19. The van der Waals surface area contributed by atoms with Crippen molar-refractivity contribution in [3.8, 4) is 17.2 Å². The summed E-state index contributed by atoms with van der Waals surface area (Å²) >= 11 is 0. The molecule has 5 heteroatoms. The summed E-state index contributed by atoms with van der Waals surface area (Å²) < 4.78 is 11.5. The topological polar surface area (TPSA) is 71.5 Å². The van der Waals surface area contributed by atoms with Crippen LogP contribution in [0.3, 0.4) is 0 Å². The van der Waals surface area contributed by atoms with Crippen LogP contribution in [0.15, 0.2) is 66.9 Å². The Morgan fingerprint density at radius 2 is 1.71 bits per heavy atom. The van der Waals surface area contributed by atoms with Crippen molar-refractivity contribution in [1.82, 2.24) is 4.98 Å². The monoisotopic (exact) mass is 413 g/mol. The summed E-state index contributed by atoms with van der Waals surface area (Å²) in [4.78, 5) is 16.8. The van der Waals surface area contributed by atoms with Gasteiger partial charge >= 0.3 is 0 Å². The minimum Gasteiger partial charge on any atom is -0.516 e. The van der Waals surface area contributed by atoms with Gasteiger partial charge in [-0.1, -0.05) is 29.8 Å². The fraction of sp³-hybridized carbons (Fsp3) is 0.115. The first-order chi connectivity index (χ1) is 15.0. The summed E-state index contributed by atoms with van der Waals surface area (Å²) in [6.07, 6.45) is 2.57. The largest absolute Gasteiger partial charge is 0.516 e. The lowest BCUT2D eigenvalue weighted by molar-refractivity contribution is 0.103. The average Bonchev–Trinajstić information content (AvgIpc) is 3.14. The Kier molecular flexibility index (Phi) is 5.50. The lowest BCUT2D eigenvalue weighted by Crippen LogP contribution is -2.06. The predicted octanol–water partition coefficient (Wildman–Crippen LogP) is 6.35. The van der Waals surface area contributed by atoms with Crippen molar-refractivity contribution in [2.24, 2.45) is 0 Å². The Bertz CT molecular complexity index is 1280. The molecule has 5 nitrogen and oxygen atoms in total. The Hall–Kier alpha value is -3.99. The molecule has 0 aliphatic carbocycles. The molecular formula is C26H23NO4. The molecule has 0 fully saturated rings. The number of methoxy groups -OCH3 is 1. The third kappa shape index (κ3) is 4.03. The minimum absolute atomic E-state index is 0.133. The van der Waals surface area contributed by atoms with Crippen molar-refractivity contribution in [1.29, 1.82) is 0 Å². The van der Waals surface area contributed by atoms with Crippen LogP contribution in [0.4, 0.5) is 0 Å². The molecule has 3 aromatic carbocycles. The highest BCUT2D eigenvalue weighted by Gasteiger charge is 2.23. The van der Waals surface area contributed by atoms with Crippen LogP contribution in [-0.4, -0.2) is 23.0 Å². The molecular weight excluding hydrogens is 390 g/mol. The fourth-order valence-corrected chi connectivity index (χ4v) is 3.51. The van der Waals surface area contributed by atoms with Crippen LogP contribution in [0, 0.1) is 13.8 Å². The zero-order chi connectivity index (χ0) is 22.0. The normalized spacial score (nSPS) is 11.2. The Morgan fingerprint density at radius 1 is 0.968 bits per heavy atom. The van der Waals surface area contributed by atoms with E-state index in [-0.39, 0.29) is 5.78 Å². The molecule has 1 heterocycles. The molecule has 0 aliphatic heterocycles. The zero-order valence-corrected chi connectivity index (χ0v) is 17.6. The smallest absolute Gasteiger partial charge is 0.213 e. The van der Waals surface area contributed by atoms with Gasteiger partial charge in [-0.3, -0.25) is 4.79 Å². The van der Waals surface area contributed by atoms with Gasteiger partial charge in [0.15, 0.2) is 5.75 Å². The van der Waals surface area contributed by atoms with E-state index in [1.807, 2.05) is 62.4 Å². The molecule has 0 spiro atoms. The summed E-state index contributed by atoms with van der Waals surface area (Å²) in [7, 11) is 1.60. The molecule has 0 amide bonds. The van der Waals surface area contributed by atoms with Crippen LogP contribution in [0.2, 0.25) is 0 Å². The lowest BCUT2D eigenvalue weighted by atomic mass is 10.00. The Labute approximate surface area is 180 Å². The molecule has 2 N–H and O–H groups in total. The molecule has 0 radical (unpaired) electrons. The van der Waals surface area contributed by atoms with Gasteiger partial charge in [0, 0.05) is 17.0 Å². The van der Waals surface area contributed by atoms with Crippen LogP contribution >= 0.6 is 0 Å². The van der Waals surface area contributed by atoms with E-state index in [0.717, 1.165) is 33.9 Å². The number of carbonyl (C=O) groups is 1. The van der Waals surface area contributed by atoms with Crippen LogP contribution < -0.4 is 9.47 Å². The summed E-state index contributed by atoms with van der Waals surface area (Å²) in [6.45, 7) is 3.89. The van der Waals surface area contributed by atoms with Gasteiger partial charge in [0.2, 0.25) is 5.78 Å². The van der Waals surface area contributed by atoms with Crippen LogP contribution in [-0.2, 0) is 0 Å². The number of hydrogen-bond acceptors (Lipinski definition) is 4. The predicted molar refractivity (Wildman–Crippen MR) is 122 cm³/mol. The second-order valence-corrected chi connectivity index (χ2v) is 7.37. The maximum Gasteiger partial charge on any atom is 0.213 e. The standard InChI is InChI=1S/C26H23NO4/c1-16-4-5-17(2)22(14-16)25(29)24-26(21-11-10-20(30-3)15-23(21)27-24)31-19-8-6-18(7-9-19)12-13-28/h4-15,27-28H,1-3H3/b13-12+. The highest BCUT2D eigenvalue weighted by Crippen LogP contribution is 2.37. The summed E-state index contributed by atoms with van der Waals surface area (Å²) in [6, 6.07) is 18.6. The number of aromatic amines is 1. The number of H-pyrrole nitrogens is 1. The Morgan fingerprint density at radius 3 is 2.42 bits per heavy atom. The number of ether oxygens (including phenoxy) is 2. The zero-order valence-electron chi connectivity index (χ0n) is 17.6. The van der Waals surface area contributed by atoms with Crippen molar-refractivity contribution < 1.29 is 19.4 Å². The Balaban J connectivity index is 1.83. The van der Waals surface area contributed by atoms with Gasteiger partial charge in [0.05, 0.1) is 18.9 Å². The molecule has 156 valence electrons. The molecule has 0 bridgehead atoms. The SMILES string of the molecule is COc1ccc2c(Oc3ccc(/C=C/O)cc3)c(C(=O)c3cc(C)ccc3C)[nH]c2c1. The third-order valence-electron chi connectivity index (χ3n) is 5.19. The van der Waals surface area contributed by atoms with E-state index in [1.165, 1.54) is 0 Å². The highest BCUT2D eigenvalue weighted by atomic mass is 16.5. The maximum absolute atomic E-state index is 13.5. The van der Waals surface area contributed by atoms with Crippen molar-refractivity contribution in [2.45, 2.75) is 13.8 Å². The van der Waals surface area contributed by atoms with Gasteiger partial charge in [-0.25, -0.2) is 0 Å². The van der Waals surface area contributed by atoms with Gasteiger partial charge in [-0.05, 0) is 61.4 Å². The quantitative estimate of drug-likeness (QED) is 0.286. The number of hydrogen-bond donors (Lipinski definition) is 2. The van der Waals surface area contributed by atoms with E-state index in [4.69, 9.17) is 14.6 Å². The van der Waals surface area contributed by atoms with E-state index in [1.54, 1.807) is 25.3 Å². The molecule has 1 aromatic heterocycles. The average molecular weight is 413 g/mol. The van der Waals surface area contributed by atoms with Crippen molar-refractivity contribution in [3.05, 3.63) is 94.9 Å². The lowest BCUT2D eigenvalue weighted by Gasteiger charge is -2.10. The second-order valence-electron chi connectivity index (χ2n) is 7.37. The number of nitrogens with one attached hydrogen (secondary N) is 1. The first-order valence-corrected chi connectivity index (χ1v) is 9.90. The maximum atomic E-state index is 13.5. The van der Waals surface area contributed by atoms with E-state index in [0.29, 0.717) is 28.5 Å². The first-order valence-electron chi connectivity index (χ1n) is 9.90. The number of ketones is 1. The van der Waals surface area contributed by atoms with Crippen LogP contribution in [0.1, 0.15) is 32.7 Å². The minimum atomic E-state index is -0.133. The van der Waals surface area contributed by atoms with E-state index in [2.05, 4.69) is 4.98 Å². The summed E-state index contributed by atoms with van der Waals surface area (Å²) in [5, 5.41) is 9.73. The summed E-state index contributed by atoms with van der Waals surface area (Å²) in [5.74, 6) is 1.60. The molecule has 4 aromatic rings. The van der Waals surface area contributed by atoms with Crippen molar-refractivity contribution in [3.63, 3.8) is 0 Å². The van der Waals surface area contributed by atoms with Crippen molar-refractivity contribution in [2.75, 3.05) is 7.11 Å².